The minimum absolute atomic E-state index is 0.0452. The molecule has 0 saturated heterocycles. The third kappa shape index (κ3) is 4.84. The van der Waals surface area contributed by atoms with E-state index >= 15 is 0 Å². The van der Waals surface area contributed by atoms with Gasteiger partial charge in [0.05, 0.1) is 12.8 Å². The Morgan fingerprint density at radius 1 is 0.926 bits per heavy atom. The van der Waals surface area contributed by atoms with Crippen LogP contribution in [0, 0.1) is 17.7 Å². The van der Waals surface area contributed by atoms with E-state index in [1.165, 1.54) is 6.07 Å². The SMILES string of the molecule is COc1cccc(NC(=O)C2CCC(C(=O)Nc3ccccc3F)CC2)c1. The first-order valence-corrected chi connectivity index (χ1v) is 9.07. The Morgan fingerprint density at radius 2 is 1.56 bits per heavy atom. The van der Waals surface area contributed by atoms with Gasteiger partial charge in [-0.15, -0.1) is 0 Å². The minimum Gasteiger partial charge on any atom is -0.497 e. The number of rotatable bonds is 5. The van der Waals surface area contributed by atoms with Gasteiger partial charge in [0.1, 0.15) is 11.6 Å². The number of ether oxygens (including phenoxy) is 1. The molecule has 0 bridgehead atoms. The smallest absolute Gasteiger partial charge is 0.227 e. The molecule has 1 aliphatic carbocycles. The third-order valence-corrected chi connectivity index (χ3v) is 4.94. The van der Waals surface area contributed by atoms with Crippen molar-refractivity contribution < 1.29 is 18.7 Å². The Kier molecular flexibility index (Phi) is 6.06. The van der Waals surface area contributed by atoms with Gasteiger partial charge >= 0.3 is 0 Å². The number of benzene rings is 2. The van der Waals surface area contributed by atoms with Crippen LogP contribution in [0.15, 0.2) is 48.5 Å². The van der Waals surface area contributed by atoms with Crippen LogP contribution in [-0.4, -0.2) is 18.9 Å². The zero-order valence-corrected chi connectivity index (χ0v) is 15.2. The standard InChI is InChI=1S/C21H23FN2O3/c1-27-17-6-4-5-16(13-17)23-20(25)14-9-11-15(12-10-14)21(26)24-19-8-3-2-7-18(19)22/h2-8,13-15H,9-12H2,1H3,(H,23,25)(H,24,26). The zero-order chi connectivity index (χ0) is 19.2. The molecule has 1 aliphatic rings. The second-order valence-corrected chi connectivity index (χ2v) is 6.74. The van der Waals surface area contributed by atoms with Crippen molar-refractivity contribution in [1.29, 1.82) is 0 Å². The van der Waals surface area contributed by atoms with Crippen molar-refractivity contribution in [3.63, 3.8) is 0 Å². The molecule has 2 aromatic rings. The van der Waals surface area contributed by atoms with E-state index in [4.69, 9.17) is 4.74 Å². The molecule has 0 atom stereocenters. The lowest BCUT2D eigenvalue weighted by atomic mass is 9.81. The summed E-state index contributed by atoms with van der Waals surface area (Å²) in [5.74, 6) is -0.333. The molecule has 6 heteroatoms. The van der Waals surface area contributed by atoms with Crippen molar-refractivity contribution in [1.82, 2.24) is 0 Å². The van der Waals surface area contributed by atoms with Crippen molar-refractivity contribution in [3.8, 4) is 5.75 Å². The first kappa shape index (κ1) is 18.9. The largest absolute Gasteiger partial charge is 0.497 e. The molecule has 0 aliphatic heterocycles. The third-order valence-electron chi connectivity index (χ3n) is 4.94. The number of para-hydroxylation sites is 1. The number of amides is 2. The van der Waals surface area contributed by atoms with Gasteiger partial charge in [-0.1, -0.05) is 18.2 Å². The number of nitrogens with one attached hydrogen (secondary N) is 2. The van der Waals surface area contributed by atoms with Crippen LogP contribution in [0.25, 0.3) is 0 Å². The van der Waals surface area contributed by atoms with Crippen molar-refractivity contribution in [3.05, 3.63) is 54.3 Å². The molecule has 0 spiro atoms. The molecule has 1 saturated carbocycles. The summed E-state index contributed by atoms with van der Waals surface area (Å²) in [5, 5.41) is 5.56. The van der Waals surface area contributed by atoms with E-state index in [-0.39, 0.29) is 29.3 Å². The molecular formula is C21H23FN2O3. The highest BCUT2D eigenvalue weighted by molar-refractivity contribution is 5.94. The van der Waals surface area contributed by atoms with Gasteiger partial charge in [0.15, 0.2) is 0 Å². The monoisotopic (exact) mass is 370 g/mol. The van der Waals surface area contributed by atoms with E-state index in [1.807, 2.05) is 18.2 Å². The van der Waals surface area contributed by atoms with Gasteiger partial charge in [0.25, 0.3) is 0 Å². The predicted octanol–water partition coefficient (Wildman–Crippen LogP) is 4.22. The highest BCUT2D eigenvalue weighted by Gasteiger charge is 2.30. The molecule has 0 radical (unpaired) electrons. The summed E-state index contributed by atoms with van der Waals surface area (Å²) in [5.41, 5.74) is 0.888. The molecule has 5 nitrogen and oxygen atoms in total. The fraction of sp³-hybridized carbons (Fsp3) is 0.333. The van der Waals surface area contributed by atoms with Gasteiger partial charge < -0.3 is 15.4 Å². The Labute approximate surface area is 157 Å². The zero-order valence-electron chi connectivity index (χ0n) is 15.2. The fourth-order valence-electron chi connectivity index (χ4n) is 3.36. The van der Waals surface area contributed by atoms with Crippen LogP contribution in [0.1, 0.15) is 25.7 Å². The molecule has 3 rings (SSSR count). The quantitative estimate of drug-likeness (QED) is 0.828. The van der Waals surface area contributed by atoms with Crippen LogP contribution in [0.2, 0.25) is 0 Å². The molecular weight excluding hydrogens is 347 g/mol. The van der Waals surface area contributed by atoms with Crippen molar-refractivity contribution in [2.24, 2.45) is 11.8 Å². The van der Waals surface area contributed by atoms with Crippen LogP contribution >= 0.6 is 0 Å². The Bertz CT molecular complexity index is 817. The summed E-state index contributed by atoms with van der Waals surface area (Å²) in [7, 11) is 1.58. The van der Waals surface area contributed by atoms with E-state index in [0.29, 0.717) is 37.1 Å². The number of hydrogen-bond donors (Lipinski definition) is 2. The number of halogens is 1. The molecule has 142 valence electrons. The topological polar surface area (TPSA) is 67.4 Å². The predicted molar refractivity (Wildman–Crippen MR) is 102 cm³/mol. The van der Waals surface area contributed by atoms with E-state index < -0.39 is 5.82 Å². The lowest BCUT2D eigenvalue weighted by Gasteiger charge is -2.27. The number of carbonyl (C=O) groups is 2. The Hall–Kier alpha value is -2.89. The molecule has 0 heterocycles. The average Bonchev–Trinajstić information content (AvgIpc) is 2.70. The van der Waals surface area contributed by atoms with E-state index in [2.05, 4.69) is 10.6 Å². The lowest BCUT2D eigenvalue weighted by molar-refractivity contribution is -0.125. The Balaban J connectivity index is 1.51. The van der Waals surface area contributed by atoms with Crippen LogP contribution in [0.3, 0.4) is 0 Å². The second kappa shape index (κ2) is 8.66. The van der Waals surface area contributed by atoms with Gasteiger partial charge in [-0.2, -0.15) is 0 Å². The van der Waals surface area contributed by atoms with Crippen LogP contribution in [0.5, 0.6) is 5.75 Å². The molecule has 0 aromatic heterocycles. The number of methoxy groups -OCH3 is 1. The first-order valence-electron chi connectivity index (χ1n) is 9.07. The fourth-order valence-corrected chi connectivity index (χ4v) is 3.36. The molecule has 2 amide bonds. The van der Waals surface area contributed by atoms with Crippen molar-refractivity contribution in [2.45, 2.75) is 25.7 Å². The molecule has 2 aromatic carbocycles. The summed E-state index contributed by atoms with van der Waals surface area (Å²) in [6, 6.07) is 13.3. The van der Waals surface area contributed by atoms with Gasteiger partial charge in [0, 0.05) is 23.6 Å². The summed E-state index contributed by atoms with van der Waals surface area (Å²) in [4.78, 5) is 24.8. The van der Waals surface area contributed by atoms with Crippen LogP contribution < -0.4 is 15.4 Å². The molecule has 2 N–H and O–H groups in total. The number of anilines is 2. The summed E-state index contributed by atoms with van der Waals surface area (Å²) in [6.45, 7) is 0. The van der Waals surface area contributed by atoms with Gasteiger partial charge in [-0.3, -0.25) is 9.59 Å². The van der Waals surface area contributed by atoms with Gasteiger partial charge in [-0.05, 0) is 49.9 Å². The number of hydrogen-bond acceptors (Lipinski definition) is 3. The van der Waals surface area contributed by atoms with E-state index in [9.17, 15) is 14.0 Å². The molecule has 27 heavy (non-hydrogen) atoms. The number of carbonyl (C=O) groups excluding carboxylic acids is 2. The highest BCUT2D eigenvalue weighted by Crippen LogP contribution is 2.31. The van der Waals surface area contributed by atoms with Gasteiger partial charge in [0.2, 0.25) is 11.8 Å². The maximum absolute atomic E-state index is 13.7. The Morgan fingerprint density at radius 3 is 2.19 bits per heavy atom. The van der Waals surface area contributed by atoms with Crippen molar-refractivity contribution >= 4 is 23.2 Å². The van der Waals surface area contributed by atoms with Crippen molar-refractivity contribution in [2.75, 3.05) is 17.7 Å². The average molecular weight is 370 g/mol. The first-order chi connectivity index (χ1) is 13.1. The van der Waals surface area contributed by atoms with E-state index in [1.54, 1.807) is 31.4 Å². The summed E-state index contributed by atoms with van der Waals surface area (Å²) < 4.78 is 18.8. The highest BCUT2D eigenvalue weighted by atomic mass is 19.1. The molecule has 1 fully saturated rings. The lowest BCUT2D eigenvalue weighted by Crippen LogP contribution is -2.32. The minimum atomic E-state index is -0.447. The molecule has 0 unspecified atom stereocenters. The maximum Gasteiger partial charge on any atom is 0.227 e. The normalized spacial score (nSPS) is 19.2. The summed E-state index contributed by atoms with van der Waals surface area (Å²) >= 11 is 0. The summed E-state index contributed by atoms with van der Waals surface area (Å²) in [6.07, 6.45) is 2.48. The van der Waals surface area contributed by atoms with Crippen LogP contribution in [0.4, 0.5) is 15.8 Å². The maximum atomic E-state index is 13.7. The van der Waals surface area contributed by atoms with Crippen LogP contribution in [-0.2, 0) is 9.59 Å². The van der Waals surface area contributed by atoms with Gasteiger partial charge in [-0.25, -0.2) is 4.39 Å². The second-order valence-electron chi connectivity index (χ2n) is 6.74. The van der Waals surface area contributed by atoms with E-state index in [0.717, 1.165) is 0 Å².